The third kappa shape index (κ3) is 5.75. The highest BCUT2D eigenvalue weighted by Crippen LogP contribution is 2.20. The highest BCUT2D eigenvalue weighted by atomic mass is 19.4. The van der Waals surface area contributed by atoms with Gasteiger partial charge in [-0.1, -0.05) is 0 Å². The van der Waals surface area contributed by atoms with Crippen LogP contribution in [-0.4, -0.2) is 28.3 Å². The molecule has 0 radical (unpaired) electrons. The minimum Gasteiger partial charge on any atom is -0.336 e. The molecule has 0 aliphatic carbocycles. The van der Waals surface area contributed by atoms with E-state index in [1.54, 1.807) is 12.5 Å². The van der Waals surface area contributed by atoms with Gasteiger partial charge in [-0.3, -0.25) is 0 Å². The fourth-order valence-electron chi connectivity index (χ4n) is 1.41. The maximum absolute atomic E-state index is 11.8. The summed E-state index contributed by atoms with van der Waals surface area (Å²) < 4.78 is 37.4. The summed E-state index contributed by atoms with van der Waals surface area (Å²) in [5.41, 5.74) is 0. The number of imidazole rings is 1. The first-order valence-electron chi connectivity index (χ1n) is 5.23. The van der Waals surface area contributed by atoms with Gasteiger partial charge in [-0.2, -0.15) is 13.2 Å². The Bertz CT molecular complexity index is 282. The zero-order valence-electron chi connectivity index (χ0n) is 9.17. The molecule has 0 aliphatic rings. The average Bonchev–Trinajstić information content (AvgIpc) is 2.63. The van der Waals surface area contributed by atoms with Crippen LogP contribution in [0.2, 0.25) is 0 Å². The van der Waals surface area contributed by atoms with Crippen molar-refractivity contribution in [3.8, 4) is 0 Å². The van der Waals surface area contributed by atoms with Crippen molar-refractivity contribution in [2.24, 2.45) is 0 Å². The largest absolute Gasteiger partial charge is 0.389 e. The van der Waals surface area contributed by atoms with E-state index in [-0.39, 0.29) is 12.5 Å². The van der Waals surface area contributed by atoms with E-state index >= 15 is 0 Å². The standard InChI is InChI=1S/C10H16F3N3/c1-9(7-16-6-5-14-8-16)15-4-2-3-10(11,12)13/h5-6,8-9,15H,2-4,7H2,1H3. The molecule has 1 heterocycles. The van der Waals surface area contributed by atoms with E-state index in [0.29, 0.717) is 13.1 Å². The summed E-state index contributed by atoms with van der Waals surface area (Å²) in [6.07, 6.45) is 0.545. The molecule has 1 atom stereocenters. The van der Waals surface area contributed by atoms with E-state index in [1.165, 1.54) is 0 Å². The van der Waals surface area contributed by atoms with Gasteiger partial charge in [0.15, 0.2) is 0 Å². The van der Waals surface area contributed by atoms with Gasteiger partial charge >= 0.3 is 6.18 Å². The molecular weight excluding hydrogens is 219 g/mol. The molecular formula is C10H16F3N3. The molecule has 1 unspecified atom stereocenters. The summed E-state index contributed by atoms with van der Waals surface area (Å²) in [6.45, 7) is 3.04. The monoisotopic (exact) mass is 235 g/mol. The second kappa shape index (κ2) is 5.89. The molecule has 0 bridgehead atoms. The Balaban J connectivity index is 2.09. The second-order valence-corrected chi connectivity index (χ2v) is 3.83. The molecule has 16 heavy (non-hydrogen) atoms. The van der Waals surface area contributed by atoms with Crippen LogP contribution in [0.25, 0.3) is 0 Å². The average molecular weight is 235 g/mol. The molecule has 0 aromatic carbocycles. The molecule has 3 nitrogen and oxygen atoms in total. The summed E-state index contributed by atoms with van der Waals surface area (Å²) in [6, 6.07) is 0.141. The van der Waals surface area contributed by atoms with E-state index in [9.17, 15) is 13.2 Å². The first-order valence-corrected chi connectivity index (χ1v) is 5.23. The normalized spacial score (nSPS) is 14.0. The topological polar surface area (TPSA) is 29.9 Å². The van der Waals surface area contributed by atoms with Crippen LogP contribution in [0.4, 0.5) is 13.2 Å². The zero-order valence-corrected chi connectivity index (χ0v) is 9.17. The predicted molar refractivity (Wildman–Crippen MR) is 55.0 cm³/mol. The molecule has 0 saturated carbocycles. The third-order valence-electron chi connectivity index (χ3n) is 2.17. The Morgan fingerprint density at radius 1 is 1.44 bits per heavy atom. The number of nitrogens with zero attached hydrogens (tertiary/aromatic N) is 2. The second-order valence-electron chi connectivity index (χ2n) is 3.83. The Kier molecular flexibility index (Phi) is 4.79. The maximum atomic E-state index is 11.8. The van der Waals surface area contributed by atoms with Crippen molar-refractivity contribution in [1.29, 1.82) is 0 Å². The molecule has 0 amide bonds. The van der Waals surface area contributed by atoms with Gasteiger partial charge in [0.2, 0.25) is 0 Å². The Morgan fingerprint density at radius 2 is 2.19 bits per heavy atom. The van der Waals surface area contributed by atoms with Crippen LogP contribution in [0.1, 0.15) is 19.8 Å². The van der Waals surface area contributed by atoms with Gasteiger partial charge in [0.1, 0.15) is 0 Å². The lowest BCUT2D eigenvalue weighted by atomic mass is 10.2. The molecule has 1 aromatic heterocycles. The molecule has 0 spiro atoms. The van der Waals surface area contributed by atoms with Gasteiger partial charge in [-0.05, 0) is 19.9 Å². The first kappa shape index (κ1) is 13.0. The lowest BCUT2D eigenvalue weighted by molar-refractivity contribution is -0.135. The summed E-state index contributed by atoms with van der Waals surface area (Å²) in [4.78, 5) is 3.89. The first-order chi connectivity index (χ1) is 7.47. The van der Waals surface area contributed by atoms with Crippen molar-refractivity contribution >= 4 is 0 Å². The summed E-state index contributed by atoms with van der Waals surface area (Å²) in [5.74, 6) is 0. The van der Waals surface area contributed by atoms with Crippen LogP contribution < -0.4 is 5.32 Å². The van der Waals surface area contributed by atoms with E-state index in [2.05, 4.69) is 10.3 Å². The summed E-state index contributed by atoms with van der Waals surface area (Å²) >= 11 is 0. The molecule has 6 heteroatoms. The zero-order chi connectivity index (χ0) is 12.0. The number of rotatable bonds is 6. The predicted octanol–water partition coefficient (Wildman–Crippen LogP) is 2.20. The van der Waals surface area contributed by atoms with E-state index in [1.807, 2.05) is 17.7 Å². The minimum absolute atomic E-state index is 0.123. The maximum Gasteiger partial charge on any atom is 0.389 e. The molecule has 0 aliphatic heterocycles. The van der Waals surface area contributed by atoms with Crippen molar-refractivity contribution in [3.63, 3.8) is 0 Å². The van der Waals surface area contributed by atoms with Crippen molar-refractivity contribution in [2.75, 3.05) is 6.54 Å². The van der Waals surface area contributed by atoms with Gasteiger partial charge in [-0.15, -0.1) is 0 Å². The SMILES string of the molecule is CC(Cn1ccnc1)NCCCC(F)(F)F. The Morgan fingerprint density at radius 3 is 2.75 bits per heavy atom. The molecule has 92 valence electrons. The third-order valence-corrected chi connectivity index (χ3v) is 2.17. The fourth-order valence-corrected chi connectivity index (χ4v) is 1.41. The van der Waals surface area contributed by atoms with Crippen LogP contribution in [0.5, 0.6) is 0 Å². The van der Waals surface area contributed by atoms with Gasteiger partial charge in [0, 0.05) is 31.4 Å². The molecule has 1 rings (SSSR count). The highest BCUT2D eigenvalue weighted by molar-refractivity contribution is 4.76. The van der Waals surface area contributed by atoms with E-state index in [0.717, 1.165) is 0 Å². The molecule has 0 saturated heterocycles. The molecule has 1 aromatic rings. The van der Waals surface area contributed by atoms with E-state index < -0.39 is 12.6 Å². The van der Waals surface area contributed by atoms with Crippen LogP contribution in [0.15, 0.2) is 18.7 Å². The lowest BCUT2D eigenvalue weighted by Gasteiger charge is -2.14. The van der Waals surface area contributed by atoms with Crippen molar-refractivity contribution in [1.82, 2.24) is 14.9 Å². The summed E-state index contributed by atoms with van der Waals surface area (Å²) in [7, 11) is 0. The number of aromatic nitrogens is 2. The number of hydrogen-bond acceptors (Lipinski definition) is 2. The molecule has 0 fully saturated rings. The molecule has 1 N–H and O–H groups in total. The van der Waals surface area contributed by atoms with Gasteiger partial charge in [0.25, 0.3) is 0 Å². The lowest BCUT2D eigenvalue weighted by Crippen LogP contribution is -2.31. The smallest absolute Gasteiger partial charge is 0.336 e. The van der Waals surface area contributed by atoms with Crippen molar-refractivity contribution in [2.45, 2.75) is 38.5 Å². The van der Waals surface area contributed by atoms with Gasteiger partial charge < -0.3 is 9.88 Å². The Labute approximate surface area is 92.7 Å². The van der Waals surface area contributed by atoms with Crippen LogP contribution in [0, 0.1) is 0 Å². The number of halogens is 3. The quantitative estimate of drug-likeness (QED) is 0.766. The minimum atomic E-state index is -4.05. The summed E-state index contributed by atoms with van der Waals surface area (Å²) in [5, 5.41) is 3.04. The fraction of sp³-hybridized carbons (Fsp3) is 0.700. The Hall–Kier alpha value is -1.04. The van der Waals surface area contributed by atoms with Gasteiger partial charge in [0.05, 0.1) is 6.33 Å². The van der Waals surface area contributed by atoms with Crippen molar-refractivity contribution < 1.29 is 13.2 Å². The van der Waals surface area contributed by atoms with Crippen LogP contribution in [-0.2, 0) is 6.54 Å². The van der Waals surface area contributed by atoms with Gasteiger partial charge in [-0.25, -0.2) is 4.98 Å². The van der Waals surface area contributed by atoms with Crippen molar-refractivity contribution in [3.05, 3.63) is 18.7 Å². The van der Waals surface area contributed by atoms with Crippen LogP contribution in [0.3, 0.4) is 0 Å². The van der Waals surface area contributed by atoms with Crippen LogP contribution >= 0.6 is 0 Å². The number of alkyl halides is 3. The highest BCUT2D eigenvalue weighted by Gasteiger charge is 2.25. The number of nitrogens with one attached hydrogen (secondary N) is 1. The number of hydrogen-bond donors (Lipinski definition) is 1. The van der Waals surface area contributed by atoms with E-state index in [4.69, 9.17) is 0 Å².